The van der Waals surface area contributed by atoms with Gasteiger partial charge in [-0.25, -0.2) is 4.99 Å². The molecule has 0 aliphatic carbocycles. The summed E-state index contributed by atoms with van der Waals surface area (Å²) < 4.78 is 0. The minimum absolute atomic E-state index is 0.0901. The van der Waals surface area contributed by atoms with E-state index in [1.165, 1.54) is 0 Å². The molecule has 146 valence electrons. The van der Waals surface area contributed by atoms with Gasteiger partial charge in [0.1, 0.15) is 0 Å². The van der Waals surface area contributed by atoms with Crippen molar-refractivity contribution >= 4 is 52.3 Å². The number of hydrogen-bond acceptors (Lipinski definition) is 3. The fourth-order valence-corrected chi connectivity index (χ4v) is 4.39. The van der Waals surface area contributed by atoms with Crippen LogP contribution in [0.15, 0.2) is 75.4 Å². The summed E-state index contributed by atoms with van der Waals surface area (Å²) >= 11 is 14.0. The Hall–Kier alpha value is -2.27. The van der Waals surface area contributed by atoms with E-state index >= 15 is 0 Å². The van der Waals surface area contributed by atoms with Gasteiger partial charge in [0, 0.05) is 33.0 Å². The average molecular weight is 441 g/mol. The highest BCUT2D eigenvalue weighted by Gasteiger charge is 2.20. The first-order chi connectivity index (χ1) is 14.1. The first-order valence-corrected chi connectivity index (χ1v) is 10.9. The number of halogens is 2. The van der Waals surface area contributed by atoms with Crippen LogP contribution >= 0.6 is 35.0 Å². The van der Waals surface area contributed by atoms with E-state index in [1.54, 1.807) is 17.8 Å². The van der Waals surface area contributed by atoms with E-state index in [4.69, 9.17) is 28.2 Å². The fourth-order valence-electron chi connectivity index (χ4n) is 3.09. The van der Waals surface area contributed by atoms with Crippen molar-refractivity contribution in [1.82, 2.24) is 5.32 Å². The minimum Gasteiger partial charge on any atom is -0.352 e. The van der Waals surface area contributed by atoms with Crippen LogP contribution < -0.4 is 5.32 Å². The molecule has 3 aromatic rings. The first-order valence-electron chi connectivity index (χ1n) is 9.30. The molecule has 0 aromatic heterocycles. The number of benzene rings is 3. The summed E-state index contributed by atoms with van der Waals surface area (Å²) in [6.45, 7) is 2.67. The number of carbonyl (C=O) groups excluding carboxylic acids is 1. The Labute approximate surface area is 184 Å². The molecule has 4 rings (SSSR count). The van der Waals surface area contributed by atoms with Crippen molar-refractivity contribution in [3.05, 3.63) is 87.4 Å². The SMILES string of the molecule is CCCNC(=O)c1ccc2c(c1)N=C(c1ccc(Cl)c(Cl)c1)c1ccccc1S2. The first kappa shape index (κ1) is 20.0. The van der Waals surface area contributed by atoms with Crippen LogP contribution in [0.1, 0.15) is 34.8 Å². The molecule has 0 saturated heterocycles. The molecule has 0 saturated carbocycles. The summed E-state index contributed by atoms with van der Waals surface area (Å²) in [5, 5.41) is 3.90. The largest absolute Gasteiger partial charge is 0.352 e. The van der Waals surface area contributed by atoms with E-state index < -0.39 is 0 Å². The van der Waals surface area contributed by atoms with E-state index in [0.717, 1.165) is 38.7 Å². The minimum atomic E-state index is -0.0901. The van der Waals surface area contributed by atoms with Crippen molar-refractivity contribution in [1.29, 1.82) is 0 Å². The Morgan fingerprint density at radius 2 is 1.83 bits per heavy atom. The van der Waals surface area contributed by atoms with Crippen molar-refractivity contribution in [3.63, 3.8) is 0 Å². The number of carbonyl (C=O) groups is 1. The monoisotopic (exact) mass is 440 g/mol. The molecule has 6 heteroatoms. The van der Waals surface area contributed by atoms with E-state index in [2.05, 4.69) is 11.4 Å². The van der Waals surface area contributed by atoms with E-state index in [1.807, 2.05) is 55.5 Å². The number of hydrogen-bond donors (Lipinski definition) is 1. The number of fused-ring (bicyclic) bond motifs is 2. The molecule has 1 amide bonds. The molecule has 0 unspecified atom stereocenters. The molecule has 1 aliphatic rings. The lowest BCUT2D eigenvalue weighted by Crippen LogP contribution is -2.23. The number of nitrogens with zero attached hydrogens (tertiary/aromatic N) is 1. The third kappa shape index (κ3) is 4.20. The molecule has 0 spiro atoms. The molecule has 0 radical (unpaired) electrons. The van der Waals surface area contributed by atoms with Gasteiger partial charge in [-0.3, -0.25) is 4.79 Å². The Bertz CT molecular complexity index is 1130. The highest BCUT2D eigenvalue weighted by atomic mass is 35.5. The smallest absolute Gasteiger partial charge is 0.251 e. The van der Waals surface area contributed by atoms with Crippen molar-refractivity contribution in [2.24, 2.45) is 4.99 Å². The Balaban J connectivity index is 1.86. The van der Waals surface area contributed by atoms with Crippen LogP contribution in [0, 0.1) is 0 Å². The molecule has 1 aliphatic heterocycles. The molecule has 0 atom stereocenters. The number of nitrogens with one attached hydrogen (secondary N) is 1. The zero-order valence-corrected chi connectivity index (χ0v) is 18.0. The highest BCUT2D eigenvalue weighted by molar-refractivity contribution is 7.99. The zero-order chi connectivity index (χ0) is 20.4. The molecule has 0 fully saturated rings. The van der Waals surface area contributed by atoms with Crippen molar-refractivity contribution < 1.29 is 4.79 Å². The molecule has 3 aromatic carbocycles. The third-order valence-corrected chi connectivity index (χ3v) is 6.42. The predicted octanol–water partition coefficient (Wildman–Crippen LogP) is 6.77. The van der Waals surface area contributed by atoms with Gasteiger partial charge in [-0.2, -0.15) is 0 Å². The fraction of sp³-hybridized carbons (Fsp3) is 0.130. The van der Waals surface area contributed by atoms with Gasteiger partial charge in [0.2, 0.25) is 0 Å². The molecule has 1 N–H and O–H groups in total. The summed E-state index contributed by atoms with van der Waals surface area (Å²) in [4.78, 5) is 19.5. The second-order valence-electron chi connectivity index (χ2n) is 6.63. The lowest BCUT2D eigenvalue weighted by molar-refractivity contribution is 0.0953. The van der Waals surface area contributed by atoms with Crippen LogP contribution in [0.2, 0.25) is 10.0 Å². The number of aliphatic imine (C=N–C) groups is 1. The van der Waals surface area contributed by atoms with Crippen LogP contribution in [-0.4, -0.2) is 18.2 Å². The van der Waals surface area contributed by atoms with E-state index in [-0.39, 0.29) is 5.91 Å². The second-order valence-corrected chi connectivity index (χ2v) is 8.52. The van der Waals surface area contributed by atoms with Crippen LogP contribution in [0.4, 0.5) is 5.69 Å². The summed E-state index contributed by atoms with van der Waals surface area (Å²) in [5.41, 5.74) is 4.05. The maximum Gasteiger partial charge on any atom is 0.251 e. The summed E-state index contributed by atoms with van der Waals surface area (Å²) in [5.74, 6) is -0.0901. The van der Waals surface area contributed by atoms with Crippen molar-refractivity contribution in [3.8, 4) is 0 Å². The zero-order valence-electron chi connectivity index (χ0n) is 15.7. The molecule has 0 bridgehead atoms. The summed E-state index contributed by atoms with van der Waals surface area (Å²) in [7, 11) is 0. The molecule has 3 nitrogen and oxygen atoms in total. The Morgan fingerprint density at radius 1 is 1.00 bits per heavy atom. The summed E-state index contributed by atoms with van der Waals surface area (Å²) in [6.07, 6.45) is 0.890. The molecular formula is C23H18Cl2N2OS. The number of amides is 1. The van der Waals surface area contributed by atoms with Crippen LogP contribution in [-0.2, 0) is 0 Å². The lowest BCUT2D eigenvalue weighted by Gasteiger charge is -2.10. The highest BCUT2D eigenvalue weighted by Crippen LogP contribution is 2.42. The van der Waals surface area contributed by atoms with Crippen LogP contribution in [0.3, 0.4) is 0 Å². The van der Waals surface area contributed by atoms with E-state index in [0.29, 0.717) is 22.2 Å². The topological polar surface area (TPSA) is 41.5 Å². The van der Waals surface area contributed by atoms with Crippen molar-refractivity contribution in [2.45, 2.75) is 23.1 Å². The van der Waals surface area contributed by atoms with E-state index in [9.17, 15) is 4.79 Å². The van der Waals surface area contributed by atoms with Gasteiger partial charge in [-0.1, -0.05) is 66.2 Å². The van der Waals surface area contributed by atoms with Gasteiger partial charge in [0.05, 0.1) is 21.4 Å². The van der Waals surface area contributed by atoms with Gasteiger partial charge in [0.15, 0.2) is 0 Å². The number of rotatable bonds is 4. The molecule has 29 heavy (non-hydrogen) atoms. The maximum absolute atomic E-state index is 12.4. The van der Waals surface area contributed by atoms with Gasteiger partial charge in [0.25, 0.3) is 5.91 Å². The van der Waals surface area contributed by atoms with Gasteiger partial charge in [-0.05, 0) is 42.8 Å². The third-order valence-electron chi connectivity index (χ3n) is 4.54. The van der Waals surface area contributed by atoms with Crippen molar-refractivity contribution in [2.75, 3.05) is 6.54 Å². The van der Waals surface area contributed by atoms with Crippen LogP contribution in [0.25, 0.3) is 0 Å². The average Bonchev–Trinajstić information content (AvgIpc) is 2.90. The van der Waals surface area contributed by atoms with Crippen LogP contribution in [0.5, 0.6) is 0 Å². The quantitative estimate of drug-likeness (QED) is 0.380. The van der Waals surface area contributed by atoms with Gasteiger partial charge in [-0.15, -0.1) is 0 Å². The standard InChI is InChI=1S/C23H18Cl2N2OS/c1-2-11-26-23(28)15-8-10-21-19(13-15)27-22(14-7-9-17(24)18(25)12-14)16-5-3-4-6-20(16)29-21/h3-10,12-13H,2,11H2,1H3,(H,26,28). The predicted molar refractivity (Wildman–Crippen MR) is 121 cm³/mol. The molecule has 1 heterocycles. The summed E-state index contributed by atoms with van der Waals surface area (Å²) in [6, 6.07) is 19.3. The maximum atomic E-state index is 12.4. The normalized spacial score (nSPS) is 12.4. The Morgan fingerprint density at radius 3 is 2.62 bits per heavy atom. The molecular weight excluding hydrogens is 423 g/mol. The van der Waals surface area contributed by atoms with Gasteiger partial charge < -0.3 is 5.32 Å². The second kappa shape index (κ2) is 8.62. The Kier molecular flexibility index (Phi) is 5.95. The van der Waals surface area contributed by atoms with Gasteiger partial charge >= 0.3 is 0 Å². The lowest BCUT2D eigenvalue weighted by atomic mass is 10.0.